The van der Waals surface area contributed by atoms with Crippen molar-refractivity contribution in [1.29, 1.82) is 0 Å². The van der Waals surface area contributed by atoms with Gasteiger partial charge in [-0.2, -0.15) is 0 Å². The average molecular weight is 395 g/mol. The molecule has 2 saturated heterocycles. The van der Waals surface area contributed by atoms with Gasteiger partial charge in [0.2, 0.25) is 0 Å². The summed E-state index contributed by atoms with van der Waals surface area (Å²) in [6.45, 7) is 0.119. The molecule has 9 heteroatoms. The summed E-state index contributed by atoms with van der Waals surface area (Å²) < 4.78 is 22.4. The standard InChI is InChI=1S/C20H17N3O6/c21-23-22-15-17(29-19(25)13-9-5-2-6-10-13)16(14-11-26-20(15)27-14)28-18(24)12-7-3-1-4-8-12/h1-10,14-17,20H,11H2/t14-,15+,16-,17-,20+/m1/s1. The van der Waals surface area contributed by atoms with E-state index in [4.69, 9.17) is 24.5 Å². The zero-order valence-electron chi connectivity index (χ0n) is 15.2. The lowest BCUT2D eigenvalue weighted by Gasteiger charge is -2.37. The first-order chi connectivity index (χ1) is 14.2. The highest BCUT2D eigenvalue weighted by Crippen LogP contribution is 2.34. The minimum Gasteiger partial charge on any atom is -0.454 e. The number of benzene rings is 2. The molecule has 9 nitrogen and oxygen atoms in total. The van der Waals surface area contributed by atoms with Crippen LogP contribution in [0.3, 0.4) is 0 Å². The molecule has 4 rings (SSSR count). The van der Waals surface area contributed by atoms with Crippen LogP contribution in [0, 0.1) is 0 Å². The smallest absolute Gasteiger partial charge is 0.338 e. The van der Waals surface area contributed by atoms with Crippen LogP contribution in [-0.4, -0.2) is 49.2 Å². The zero-order valence-corrected chi connectivity index (χ0v) is 15.2. The van der Waals surface area contributed by atoms with Gasteiger partial charge >= 0.3 is 11.9 Å². The van der Waals surface area contributed by atoms with Crippen molar-refractivity contribution in [2.24, 2.45) is 5.11 Å². The molecule has 2 aliphatic heterocycles. The predicted molar refractivity (Wildman–Crippen MR) is 98.8 cm³/mol. The van der Waals surface area contributed by atoms with E-state index in [0.29, 0.717) is 11.1 Å². The summed E-state index contributed by atoms with van der Waals surface area (Å²) in [7, 11) is 0. The van der Waals surface area contributed by atoms with E-state index in [9.17, 15) is 9.59 Å². The van der Waals surface area contributed by atoms with Gasteiger partial charge in [-0.05, 0) is 29.8 Å². The molecule has 0 aromatic heterocycles. The highest BCUT2D eigenvalue weighted by molar-refractivity contribution is 5.90. The van der Waals surface area contributed by atoms with Gasteiger partial charge in [0.1, 0.15) is 12.1 Å². The fourth-order valence-corrected chi connectivity index (χ4v) is 3.34. The van der Waals surface area contributed by atoms with Crippen LogP contribution in [0.2, 0.25) is 0 Å². The summed E-state index contributed by atoms with van der Waals surface area (Å²) in [5, 5.41) is 3.68. The van der Waals surface area contributed by atoms with Crippen molar-refractivity contribution in [3.8, 4) is 0 Å². The van der Waals surface area contributed by atoms with Gasteiger partial charge in [0, 0.05) is 4.91 Å². The molecule has 0 unspecified atom stereocenters. The second-order valence-corrected chi connectivity index (χ2v) is 6.54. The molecule has 2 aliphatic rings. The Labute approximate surface area is 165 Å². The van der Waals surface area contributed by atoms with E-state index in [1.807, 2.05) is 0 Å². The summed E-state index contributed by atoms with van der Waals surface area (Å²) in [6, 6.07) is 15.8. The van der Waals surface area contributed by atoms with Gasteiger partial charge in [-0.25, -0.2) is 9.59 Å². The van der Waals surface area contributed by atoms with E-state index in [1.165, 1.54) is 0 Å². The van der Waals surface area contributed by atoms with Crippen LogP contribution < -0.4 is 0 Å². The quantitative estimate of drug-likeness (QED) is 0.332. The molecule has 148 valence electrons. The lowest BCUT2D eigenvalue weighted by molar-refractivity contribution is -0.179. The van der Waals surface area contributed by atoms with Gasteiger partial charge in [-0.15, -0.1) is 0 Å². The van der Waals surface area contributed by atoms with Gasteiger partial charge in [-0.3, -0.25) is 0 Å². The van der Waals surface area contributed by atoms with Crippen LogP contribution in [0.25, 0.3) is 10.4 Å². The lowest BCUT2D eigenvalue weighted by Crippen LogP contribution is -2.56. The molecule has 2 bridgehead atoms. The van der Waals surface area contributed by atoms with Crippen LogP contribution >= 0.6 is 0 Å². The van der Waals surface area contributed by atoms with E-state index in [-0.39, 0.29) is 6.61 Å². The van der Waals surface area contributed by atoms with E-state index in [2.05, 4.69) is 10.0 Å². The minimum atomic E-state index is -1.06. The Hall–Kier alpha value is -3.39. The highest BCUT2D eigenvalue weighted by atomic mass is 16.7. The molecule has 5 atom stereocenters. The molecule has 0 radical (unpaired) electrons. The van der Waals surface area contributed by atoms with Crippen molar-refractivity contribution in [2.45, 2.75) is 30.6 Å². The van der Waals surface area contributed by atoms with Crippen LogP contribution in [0.4, 0.5) is 0 Å². The van der Waals surface area contributed by atoms with Crippen molar-refractivity contribution in [2.75, 3.05) is 6.61 Å². The maximum Gasteiger partial charge on any atom is 0.338 e. The Bertz CT molecular complexity index is 932. The summed E-state index contributed by atoms with van der Waals surface area (Å²) >= 11 is 0. The zero-order chi connectivity index (χ0) is 20.2. The number of fused-ring (bicyclic) bond motifs is 2. The summed E-state index contributed by atoms with van der Waals surface area (Å²) in [6.07, 6.45) is -3.58. The van der Waals surface area contributed by atoms with Crippen molar-refractivity contribution >= 4 is 11.9 Å². The van der Waals surface area contributed by atoms with Crippen molar-refractivity contribution in [1.82, 2.24) is 0 Å². The Morgan fingerprint density at radius 3 is 2.03 bits per heavy atom. The van der Waals surface area contributed by atoms with Crippen LogP contribution in [0.1, 0.15) is 20.7 Å². The maximum atomic E-state index is 12.6. The Morgan fingerprint density at radius 2 is 1.48 bits per heavy atom. The molecule has 29 heavy (non-hydrogen) atoms. The molecular weight excluding hydrogens is 378 g/mol. The van der Waals surface area contributed by atoms with Gasteiger partial charge in [0.25, 0.3) is 0 Å². The molecular formula is C20H17N3O6. The molecule has 0 saturated carbocycles. The number of carbonyl (C=O) groups is 2. The average Bonchev–Trinajstić information content (AvgIpc) is 3.20. The normalized spacial score (nSPS) is 27.5. The third-order valence-corrected chi connectivity index (χ3v) is 4.73. The number of ether oxygens (including phenoxy) is 4. The minimum absolute atomic E-state index is 0.119. The molecule has 0 N–H and O–H groups in total. The molecule has 2 heterocycles. The fraction of sp³-hybridized carbons (Fsp3) is 0.300. The van der Waals surface area contributed by atoms with Crippen molar-refractivity contribution < 1.29 is 28.5 Å². The maximum absolute atomic E-state index is 12.6. The summed E-state index contributed by atoms with van der Waals surface area (Å²) in [4.78, 5) is 28.0. The monoisotopic (exact) mass is 395 g/mol. The second-order valence-electron chi connectivity index (χ2n) is 6.54. The molecule has 2 aromatic rings. The molecule has 0 aliphatic carbocycles. The Morgan fingerprint density at radius 1 is 0.931 bits per heavy atom. The molecule has 2 fully saturated rings. The fourth-order valence-electron chi connectivity index (χ4n) is 3.34. The number of rotatable bonds is 5. The van der Waals surface area contributed by atoms with E-state index >= 15 is 0 Å². The molecule has 0 spiro atoms. The largest absolute Gasteiger partial charge is 0.454 e. The third-order valence-electron chi connectivity index (χ3n) is 4.73. The number of hydrogen-bond donors (Lipinski definition) is 0. The number of hydrogen-bond acceptors (Lipinski definition) is 7. The first-order valence-corrected chi connectivity index (χ1v) is 9.00. The second kappa shape index (κ2) is 8.32. The van der Waals surface area contributed by atoms with Gasteiger partial charge in [-0.1, -0.05) is 41.5 Å². The van der Waals surface area contributed by atoms with Gasteiger partial charge in [0.15, 0.2) is 18.5 Å². The summed E-state index contributed by atoms with van der Waals surface area (Å²) in [5.74, 6) is -1.24. The van der Waals surface area contributed by atoms with Gasteiger partial charge in [0.05, 0.1) is 17.7 Å². The number of azide groups is 1. The first kappa shape index (κ1) is 18.9. The van der Waals surface area contributed by atoms with Crippen molar-refractivity contribution in [3.05, 3.63) is 82.2 Å². The number of nitrogens with zero attached hydrogens (tertiary/aromatic N) is 3. The van der Waals surface area contributed by atoms with Crippen molar-refractivity contribution in [3.63, 3.8) is 0 Å². The van der Waals surface area contributed by atoms with E-state index in [0.717, 1.165) is 0 Å². The first-order valence-electron chi connectivity index (χ1n) is 9.00. The predicted octanol–water partition coefficient (Wildman–Crippen LogP) is 2.87. The van der Waals surface area contributed by atoms with Crippen LogP contribution in [0.15, 0.2) is 65.8 Å². The van der Waals surface area contributed by atoms with Crippen LogP contribution in [-0.2, 0) is 18.9 Å². The SMILES string of the molecule is [N-]=[N+]=N[C@@H]1[C@H]2OC[C@@H](O2)[C@@H](OC(=O)c2ccccc2)[C@@H]1OC(=O)c1ccccc1. The summed E-state index contributed by atoms with van der Waals surface area (Å²) in [5.41, 5.74) is 9.61. The highest BCUT2D eigenvalue weighted by Gasteiger charge is 2.54. The number of carbonyl (C=O) groups excluding carboxylic acids is 2. The Balaban J connectivity index is 1.61. The topological polar surface area (TPSA) is 120 Å². The van der Waals surface area contributed by atoms with E-state index in [1.54, 1.807) is 60.7 Å². The third kappa shape index (κ3) is 3.93. The lowest BCUT2D eigenvalue weighted by atomic mass is 9.98. The molecule has 0 amide bonds. The van der Waals surface area contributed by atoms with E-state index < -0.39 is 42.6 Å². The number of esters is 2. The van der Waals surface area contributed by atoms with Crippen LogP contribution in [0.5, 0.6) is 0 Å². The van der Waals surface area contributed by atoms with Gasteiger partial charge < -0.3 is 18.9 Å². The molecule has 2 aromatic carbocycles. The Kier molecular flexibility index (Phi) is 5.44.